The maximum atomic E-state index is 7.36. The highest BCUT2D eigenvalue weighted by Gasteiger charge is 2.19. The molecule has 0 aromatic heterocycles. The molecule has 2 rings (SSSR count). The minimum Gasteiger partial charge on any atom is -0.327 e. The van der Waals surface area contributed by atoms with Crippen molar-refractivity contribution in [2.45, 2.75) is 19.3 Å². The van der Waals surface area contributed by atoms with Gasteiger partial charge in [-0.05, 0) is 34.8 Å². The van der Waals surface area contributed by atoms with E-state index in [2.05, 4.69) is 43.4 Å². The first-order chi connectivity index (χ1) is 9.30. The Bertz CT molecular complexity index is 550. The van der Waals surface area contributed by atoms with Crippen LogP contribution in [0.25, 0.3) is 0 Å². The van der Waals surface area contributed by atoms with Crippen molar-refractivity contribution in [2.24, 2.45) is 5.73 Å². The molecule has 0 saturated heterocycles. The number of nitrogens with one attached hydrogen (secondary N) is 1. The lowest BCUT2D eigenvalue weighted by molar-refractivity contribution is 0.965. The van der Waals surface area contributed by atoms with Crippen LogP contribution in [-0.2, 0) is 0 Å². The Hall–Kier alpha value is -1.93. The third-order valence-corrected chi connectivity index (χ3v) is 3.47. The van der Waals surface area contributed by atoms with Crippen LogP contribution in [0, 0.1) is 5.41 Å². The molecule has 0 heterocycles. The molecule has 1 aromatic carbocycles. The summed E-state index contributed by atoms with van der Waals surface area (Å²) in [6.07, 6.45) is 11.0. The monoisotopic (exact) mass is 252 g/mol. The van der Waals surface area contributed by atoms with Crippen molar-refractivity contribution in [3.8, 4) is 0 Å². The van der Waals surface area contributed by atoms with Gasteiger partial charge in [0.05, 0.1) is 0 Å². The number of hydrogen-bond donors (Lipinski definition) is 2. The van der Waals surface area contributed by atoms with Gasteiger partial charge in [0.15, 0.2) is 0 Å². The molecule has 0 fully saturated rings. The molecule has 0 radical (unpaired) electrons. The highest BCUT2D eigenvalue weighted by Crippen LogP contribution is 2.36. The molecule has 1 aromatic rings. The summed E-state index contributed by atoms with van der Waals surface area (Å²) in [6, 6.07) is 8.17. The third kappa shape index (κ3) is 2.91. The molecule has 0 aliphatic heterocycles. The zero-order valence-electron chi connectivity index (χ0n) is 11.3. The van der Waals surface area contributed by atoms with E-state index < -0.39 is 0 Å². The van der Waals surface area contributed by atoms with Crippen LogP contribution in [0.4, 0.5) is 0 Å². The Morgan fingerprint density at radius 1 is 1.42 bits per heavy atom. The second kappa shape index (κ2) is 6.30. The van der Waals surface area contributed by atoms with Gasteiger partial charge >= 0.3 is 0 Å². The van der Waals surface area contributed by atoms with Crippen molar-refractivity contribution in [1.82, 2.24) is 0 Å². The Labute approximate surface area is 114 Å². The smallest absolute Gasteiger partial charge is 0.0275 e. The van der Waals surface area contributed by atoms with Gasteiger partial charge in [0.25, 0.3) is 0 Å². The van der Waals surface area contributed by atoms with E-state index >= 15 is 0 Å². The topological polar surface area (TPSA) is 49.9 Å². The Kier molecular flexibility index (Phi) is 4.48. The van der Waals surface area contributed by atoms with Crippen molar-refractivity contribution in [3.05, 3.63) is 70.8 Å². The van der Waals surface area contributed by atoms with E-state index in [0.29, 0.717) is 6.54 Å². The number of rotatable bonds is 5. The molecule has 0 saturated carbocycles. The van der Waals surface area contributed by atoms with Crippen LogP contribution >= 0.6 is 0 Å². The lowest BCUT2D eigenvalue weighted by Gasteiger charge is -2.17. The fourth-order valence-electron chi connectivity index (χ4n) is 2.53. The molecule has 0 spiro atoms. The van der Waals surface area contributed by atoms with E-state index in [9.17, 15) is 0 Å². The summed E-state index contributed by atoms with van der Waals surface area (Å²) in [7, 11) is 0. The van der Waals surface area contributed by atoms with Gasteiger partial charge in [0, 0.05) is 18.7 Å². The molecule has 19 heavy (non-hydrogen) atoms. The summed E-state index contributed by atoms with van der Waals surface area (Å²) < 4.78 is 0. The molecule has 0 bridgehead atoms. The van der Waals surface area contributed by atoms with Crippen LogP contribution in [0.15, 0.2) is 59.7 Å². The molecular weight excluding hydrogens is 232 g/mol. The second-order valence-electron chi connectivity index (χ2n) is 4.62. The van der Waals surface area contributed by atoms with Gasteiger partial charge in [0.2, 0.25) is 0 Å². The Morgan fingerprint density at radius 3 is 2.95 bits per heavy atom. The van der Waals surface area contributed by atoms with Crippen molar-refractivity contribution >= 4 is 6.21 Å². The van der Waals surface area contributed by atoms with E-state index in [1.807, 2.05) is 12.1 Å². The first-order valence-electron chi connectivity index (χ1n) is 6.68. The van der Waals surface area contributed by atoms with E-state index in [1.54, 1.807) is 0 Å². The lowest BCUT2D eigenvalue weighted by Crippen LogP contribution is -2.03. The van der Waals surface area contributed by atoms with Crippen molar-refractivity contribution in [2.75, 3.05) is 6.54 Å². The minimum atomic E-state index is 0.289. The summed E-state index contributed by atoms with van der Waals surface area (Å²) in [5, 5.41) is 7.36. The normalized spacial score (nSPS) is 18.5. The van der Waals surface area contributed by atoms with Crippen molar-refractivity contribution in [1.29, 1.82) is 5.41 Å². The zero-order valence-corrected chi connectivity index (χ0v) is 11.3. The standard InChI is InChI=1S/C17H20N2/c1-2-14(9-10-18)16-7-4-8-17(16)15-6-3-5-13(11-15)12-19/h3-9,11-12,17,19H,2,10,18H2,1H3/b14-9-,19-12?. The van der Waals surface area contributed by atoms with Crippen LogP contribution in [0.2, 0.25) is 0 Å². The predicted octanol–water partition coefficient (Wildman–Crippen LogP) is 3.56. The van der Waals surface area contributed by atoms with Crippen LogP contribution in [0.3, 0.4) is 0 Å². The molecule has 1 aliphatic carbocycles. The van der Waals surface area contributed by atoms with Crippen LogP contribution in [0.1, 0.15) is 30.4 Å². The second-order valence-corrected chi connectivity index (χ2v) is 4.62. The summed E-state index contributed by atoms with van der Waals surface area (Å²) in [4.78, 5) is 0. The van der Waals surface area contributed by atoms with Crippen molar-refractivity contribution in [3.63, 3.8) is 0 Å². The number of hydrogen-bond acceptors (Lipinski definition) is 2. The van der Waals surface area contributed by atoms with Gasteiger partial charge in [0.1, 0.15) is 0 Å². The van der Waals surface area contributed by atoms with Gasteiger partial charge in [-0.15, -0.1) is 0 Å². The van der Waals surface area contributed by atoms with Gasteiger partial charge in [-0.3, -0.25) is 0 Å². The van der Waals surface area contributed by atoms with Gasteiger partial charge < -0.3 is 11.1 Å². The summed E-state index contributed by atoms with van der Waals surface area (Å²) in [5.41, 5.74) is 10.5. The average Bonchev–Trinajstić information content (AvgIpc) is 2.94. The minimum absolute atomic E-state index is 0.289. The average molecular weight is 252 g/mol. The quantitative estimate of drug-likeness (QED) is 0.773. The Morgan fingerprint density at radius 2 is 2.26 bits per heavy atom. The van der Waals surface area contributed by atoms with E-state index in [1.165, 1.54) is 22.9 Å². The molecule has 98 valence electrons. The molecule has 3 N–H and O–H groups in total. The highest BCUT2D eigenvalue weighted by molar-refractivity contribution is 5.77. The Balaban J connectivity index is 2.34. The van der Waals surface area contributed by atoms with Gasteiger partial charge in [-0.2, -0.15) is 0 Å². The molecular formula is C17H20N2. The van der Waals surface area contributed by atoms with E-state index in [0.717, 1.165) is 12.0 Å². The fourth-order valence-corrected chi connectivity index (χ4v) is 2.53. The SMILES string of the molecule is CC/C(=C/CN)C1=CC=CC1c1cccc(C=N)c1. The molecule has 2 heteroatoms. The van der Waals surface area contributed by atoms with E-state index in [4.69, 9.17) is 11.1 Å². The fraction of sp³-hybridized carbons (Fsp3) is 0.235. The summed E-state index contributed by atoms with van der Waals surface area (Å²) >= 11 is 0. The summed E-state index contributed by atoms with van der Waals surface area (Å²) in [6.45, 7) is 2.74. The predicted molar refractivity (Wildman–Crippen MR) is 81.7 cm³/mol. The van der Waals surface area contributed by atoms with E-state index in [-0.39, 0.29) is 5.92 Å². The van der Waals surface area contributed by atoms with Crippen LogP contribution in [0.5, 0.6) is 0 Å². The largest absolute Gasteiger partial charge is 0.327 e. The summed E-state index contributed by atoms with van der Waals surface area (Å²) in [5.74, 6) is 0.289. The molecule has 1 atom stereocenters. The van der Waals surface area contributed by atoms with Crippen LogP contribution < -0.4 is 5.73 Å². The highest BCUT2D eigenvalue weighted by atomic mass is 14.5. The first-order valence-corrected chi connectivity index (χ1v) is 6.68. The van der Waals surface area contributed by atoms with Crippen LogP contribution in [-0.4, -0.2) is 12.8 Å². The molecule has 2 nitrogen and oxygen atoms in total. The molecule has 0 amide bonds. The third-order valence-electron chi connectivity index (χ3n) is 3.47. The molecule has 1 aliphatic rings. The number of nitrogens with two attached hydrogens (primary N) is 1. The number of benzene rings is 1. The maximum absolute atomic E-state index is 7.36. The lowest BCUT2D eigenvalue weighted by atomic mass is 9.87. The number of allylic oxidation sites excluding steroid dienone is 5. The van der Waals surface area contributed by atoms with Gasteiger partial charge in [-0.25, -0.2) is 0 Å². The zero-order chi connectivity index (χ0) is 13.7. The first kappa shape index (κ1) is 13.5. The van der Waals surface area contributed by atoms with Gasteiger partial charge in [-0.1, -0.05) is 49.4 Å². The maximum Gasteiger partial charge on any atom is 0.0275 e. The molecule has 1 unspecified atom stereocenters. The van der Waals surface area contributed by atoms with Crippen molar-refractivity contribution < 1.29 is 0 Å².